The van der Waals surface area contributed by atoms with E-state index in [9.17, 15) is 18.0 Å². The molecule has 1 aromatic carbocycles. The molecule has 1 N–H and O–H groups in total. The first-order chi connectivity index (χ1) is 10.2. The summed E-state index contributed by atoms with van der Waals surface area (Å²) in [5.41, 5.74) is -0.0477. The number of aromatic nitrogens is 1. The van der Waals surface area contributed by atoms with Crippen LogP contribution in [0.5, 0.6) is 0 Å². The number of carbonyl (C=O) groups excluding carboxylic acids is 1. The smallest absolute Gasteiger partial charge is 0.351 e. The Balaban J connectivity index is 2.21. The second kappa shape index (κ2) is 5.82. The lowest BCUT2D eigenvalue weighted by Gasteiger charge is -2.12. The van der Waals surface area contributed by atoms with Crippen LogP contribution in [0.3, 0.4) is 0 Å². The maximum absolute atomic E-state index is 12.8. The zero-order valence-corrected chi connectivity index (χ0v) is 12.3. The predicted octanol–water partition coefficient (Wildman–Crippen LogP) is 4.38. The number of halogens is 3. The number of hydrogen-bond donors (Lipinski definition) is 1. The summed E-state index contributed by atoms with van der Waals surface area (Å²) in [7, 11) is 0. The Morgan fingerprint density at radius 2 is 1.95 bits per heavy atom. The minimum Gasteiger partial charge on any atom is -0.351 e. The first-order valence-corrected chi connectivity index (χ1v) is 6.64. The molecule has 0 atom stereocenters. The molecule has 0 fully saturated rings. The van der Waals surface area contributed by atoms with Crippen molar-refractivity contribution in [2.24, 2.45) is 0 Å². The number of carbonyl (C=O) groups is 1. The van der Waals surface area contributed by atoms with Gasteiger partial charge >= 0.3 is 6.18 Å². The fourth-order valence-electron chi connectivity index (χ4n) is 1.87. The molecular formula is C15H15F3N2O2. The molecule has 2 aromatic rings. The van der Waals surface area contributed by atoms with Gasteiger partial charge in [-0.2, -0.15) is 13.2 Å². The summed E-state index contributed by atoms with van der Waals surface area (Å²) in [6, 6.07) is 5.08. The van der Waals surface area contributed by atoms with Crippen molar-refractivity contribution in [2.45, 2.75) is 32.9 Å². The summed E-state index contributed by atoms with van der Waals surface area (Å²) < 4.78 is 43.4. The van der Waals surface area contributed by atoms with Crippen molar-refractivity contribution < 1.29 is 22.5 Å². The highest BCUT2D eigenvalue weighted by Crippen LogP contribution is 2.33. The maximum atomic E-state index is 12.8. The van der Waals surface area contributed by atoms with Crippen molar-refractivity contribution in [1.29, 1.82) is 0 Å². The van der Waals surface area contributed by atoms with E-state index in [0.717, 1.165) is 6.07 Å². The van der Waals surface area contributed by atoms with E-state index in [-0.39, 0.29) is 22.9 Å². The van der Waals surface area contributed by atoms with E-state index in [1.165, 1.54) is 25.1 Å². The lowest BCUT2D eigenvalue weighted by atomic mass is 10.1. The number of amides is 1. The lowest BCUT2D eigenvalue weighted by molar-refractivity contribution is -0.138. The zero-order valence-electron chi connectivity index (χ0n) is 12.3. The number of rotatable bonds is 3. The normalized spacial score (nSPS) is 11.8. The molecule has 2 rings (SSSR count). The van der Waals surface area contributed by atoms with Gasteiger partial charge in [-0.3, -0.25) is 4.79 Å². The molecule has 0 spiro atoms. The predicted molar refractivity (Wildman–Crippen MR) is 74.7 cm³/mol. The van der Waals surface area contributed by atoms with Gasteiger partial charge in [-0.25, -0.2) is 0 Å². The number of nitrogens with zero attached hydrogens (tertiary/aromatic N) is 1. The fourth-order valence-corrected chi connectivity index (χ4v) is 1.87. The summed E-state index contributed by atoms with van der Waals surface area (Å²) in [6.45, 7) is 5.13. The monoisotopic (exact) mass is 312 g/mol. The SMILES string of the molecule is Cc1ccc(NC(=O)c2cc(C(C)C)no2)cc1C(F)(F)F. The van der Waals surface area contributed by atoms with E-state index < -0.39 is 17.6 Å². The molecule has 0 aliphatic rings. The molecule has 0 aliphatic heterocycles. The highest BCUT2D eigenvalue weighted by Gasteiger charge is 2.32. The Morgan fingerprint density at radius 3 is 2.50 bits per heavy atom. The quantitative estimate of drug-likeness (QED) is 0.915. The van der Waals surface area contributed by atoms with Gasteiger partial charge in [0.2, 0.25) is 5.76 Å². The van der Waals surface area contributed by atoms with Crippen molar-refractivity contribution in [3.8, 4) is 0 Å². The first-order valence-electron chi connectivity index (χ1n) is 6.64. The summed E-state index contributed by atoms with van der Waals surface area (Å²) in [6.07, 6.45) is -4.47. The molecule has 1 amide bonds. The van der Waals surface area contributed by atoms with Crippen LogP contribution >= 0.6 is 0 Å². The summed E-state index contributed by atoms with van der Waals surface area (Å²) in [4.78, 5) is 12.0. The van der Waals surface area contributed by atoms with Crippen molar-refractivity contribution in [2.75, 3.05) is 5.32 Å². The third kappa shape index (κ3) is 3.47. The molecule has 0 radical (unpaired) electrons. The molecule has 0 saturated heterocycles. The van der Waals surface area contributed by atoms with Crippen molar-refractivity contribution in [1.82, 2.24) is 5.16 Å². The minimum absolute atomic E-state index is 0.0437. The molecule has 0 aliphatic carbocycles. The Hall–Kier alpha value is -2.31. The van der Waals surface area contributed by atoms with Gasteiger partial charge < -0.3 is 9.84 Å². The molecule has 118 valence electrons. The maximum Gasteiger partial charge on any atom is 0.416 e. The van der Waals surface area contributed by atoms with Crippen molar-refractivity contribution in [3.05, 3.63) is 46.8 Å². The van der Waals surface area contributed by atoms with E-state index in [1.807, 2.05) is 13.8 Å². The topological polar surface area (TPSA) is 55.1 Å². The second-order valence-corrected chi connectivity index (χ2v) is 5.25. The van der Waals surface area contributed by atoms with E-state index in [4.69, 9.17) is 4.52 Å². The van der Waals surface area contributed by atoms with Gasteiger partial charge in [-0.05, 0) is 30.5 Å². The molecular weight excluding hydrogens is 297 g/mol. The Kier molecular flexibility index (Phi) is 4.25. The first kappa shape index (κ1) is 16.1. The van der Waals surface area contributed by atoms with E-state index in [2.05, 4.69) is 10.5 Å². The molecule has 1 heterocycles. The average Bonchev–Trinajstić information content (AvgIpc) is 2.89. The van der Waals surface area contributed by atoms with Crippen molar-refractivity contribution in [3.63, 3.8) is 0 Å². The van der Waals surface area contributed by atoms with Crippen LogP contribution in [0.4, 0.5) is 18.9 Å². The molecule has 0 unspecified atom stereocenters. The number of alkyl halides is 3. The highest BCUT2D eigenvalue weighted by atomic mass is 19.4. The molecule has 0 bridgehead atoms. The Labute approximate surface area is 125 Å². The standard InChI is InChI=1S/C15H15F3N2O2/c1-8(2)12-7-13(22-20-12)14(21)19-10-5-4-9(3)11(6-10)15(16,17)18/h4-8H,1-3H3,(H,19,21). The van der Waals surface area contributed by atoms with E-state index in [0.29, 0.717) is 5.69 Å². The van der Waals surface area contributed by atoms with Crippen LogP contribution in [0, 0.1) is 6.92 Å². The number of hydrogen-bond acceptors (Lipinski definition) is 3. The van der Waals surface area contributed by atoms with Crippen LogP contribution in [-0.4, -0.2) is 11.1 Å². The largest absolute Gasteiger partial charge is 0.416 e. The lowest BCUT2D eigenvalue weighted by Crippen LogP contribution is -2.13. The molecule has 0 saturated carbocycles. The van der Waals surface area contributed by atoms with Gasteiger partial charge in [0.05, 0.1) is 11.3 Å². The zero-order chi connectivity index (χ0) is 16.5. The van der Waals surface area contributed by atoms with Gasteiger partial charge in [-0.1, -0.05) is 25.1 Å². The molecule has 1 aromatic heterocycles. The van der Waals surface area contributed by atoms with Crippen LogP contribution in [0.15, 0.2) is 28.8 Å². The number of anilines is 1. The van der Waals surface area contributed by atoms with Crippen molar-refractivity contribution >= 4 is 11.6 Å². The second-order valence-electron chi connectivity index (χ2n) is 5.25. The van der Waals surface area contributed by atoms with Gasteiger partial charge in [-0.15, -0.1) is 0 Å². The average molecular weight is 312 g/mol. The minimum atomic E-state index is -4.47. The Morgan fingerprint density at radius 1 is 1.27 bits per heavy atom. The van der Waals surface area contributed by atoms with E-state index >= 15 is 0 Å². The van der Waals surface area contributed by atoms with Crippen LogP contribution < -0.4 is 5.32 Å². The van der Waals surface area contributed by atoms with Gasteiger partial charge in [0.25, 0.3) is 5.91 Å². The van der Waals surface area contributed by atoms with Crippen LogP contribution in [0.25, 0.3) is 0 Å². The summed E-state index contributed by atoms with van der Waals surface area (Å²) in [5.74, 6) is -0.601. The molecule has 22 heavy (non-hydrogen) atoms. The fraction of sp³-hybridized carbons (Fsp3) is 0.333. The summed E-state index contributed by atoms with van der Waals surface area (Å²) in [5, 5.41) is 6.11. The van der Waals surface area contributed by atoms with Crippen LogP contribution in [0.2, 0.25) is 0 Å². The number of aryl methyl sites for hydroxylation is 1. The summed E-state index contributed by atoms with van der Waals surface area (Å²) >= 11 is 0. The third-order valence-corrected chi connectivity index (χ3v) is 3.14. The van der Waals surface area contributed by atoms with Gasteiger partial charge in [0.15, 0.2) is 0 Å². The molecule has 7 heteroatoms. The van der Waals surface area contributed by atoms with Crippen LogP contribution in [-0.2, 0) is 6.18 Å². The van der Waals surface area contributed by atoms with E-state index in [1.54, 1.807) is 0 Å². The Bertz CT molecular complexity index is 690. The van der Waals surface area contributed by atoms with Crippen LogP contribution in [0.1, 0.15) is 47.1 Å². The third-order valence-electron chi connectivity index (χ3n) is 3.14. The number of benzene rings is 1. The highest BCUT2D eigenvalue weighted by molar-refractivity contribution is 6.02. The molecule has 4 nitrogen and oxygen atoms in total. The number of nitrogens with one attached hydrogen (secondary N) is 1. The van der Waals surface area contributed by atoms with Gasteiger partial charge in [0, 0.05) is 11.8 Å². The van der Waals surface area contributed by atoms with Gasteiger partial charge in [0.1, 0.15) is 0 Å².